The average Bonchev–Trinajstić information content (AvgIpc) is 3.05. The maximum Gasteiger partial charge on any atom is 0.240 e. The Hall–Kier alpha value is -1.92. The van der Waals surface area contributed by atoms with Gasteiger partial charge in [0.05, 0.1) is 13.0 Å². The van der Waals surface area contributed by atoms with Crippen LogP contribution < -0.4 is 0 Å². The van der Waals surface area contributed by atoms with Crippen molar-refractivity contribution >= 4 is 17.5 Å². The fraction of sp³-hybridized carbons (Fsp3) is 0.471. The minimum absolute atomic E-state index is 0.119. The maximum absolute atomic E-state index is 12.4. The number of halogens is 1. The molecule has 7 heteroatoms. The first-order valence-corrected chi connectivity index (χ1v) is 8.58. The molecule has 24 heavy (non-hydrogen) atoms. The number of aryl methyl sites for hydroxylation is 1. The Morgan fingerprint density at radius 2 is 2.00 bits per heavy atom. The topological polar surface area (TPSA) is 62.5 Å². The van der Waals surface area contributed by atoms with Crippen LogP contribution in [0.1, 0.15) is 24.2 Å². The molecule has 2 aromatic rings. The summed E-state index contributed by atoms with van der Waals surface area (Å²) >= 11 is 6.13. The minimum atomic E-state index is 0.119. The van der Waals surface area contributed by atoms with Crippen LogP contribution in [0.15, 0.2) is 28.8 Å². The first-order valence-electron chi connectivity index (χ1n) is 8.20. The highest BCUT2D eigenvalue weighted by atomic mass is 35.5. The lowest BCUT2D eigenvalue weighted by atomic mass is 10.1. The number of benzene rings is 1. The van der Waals surface area contributed by atoms with Crippen molar-refractivity contribution in [3.63, 3.8) is 0 Å². The van der Waals surface area contributed by atoms with E-state index in [0.29, 0.717) is 37.0 Å². The van der Waals surface area contributed by atoms with Crippen molar-refractivity contribution in [2.24, 2.45) is 0 Å². The number of nitrogens with zero attached hydrogens (tertiary/aromatic N) is 4. The fourth-order valence-corrected chi connectivity index (χ4v) is 2.96. The van der Waals surface area contributed by atoms with Gasteiger partial charge >= 0.3 is 0 Å². The van der Waals surface area contributed by atoms with Crippen molar-refractivity contribution in [2.45, 2.75) is 26.3 Å². The summed E-state index contributed by atoms with van der Waals surface area (Å²) < 4.78 is 5.23. The number of piperazine rings is 1. The molecular weight excluding hydrogens is 328 g/mol. The van der Waals surface area contributed by atoms with E-state index in [2.05, 4.69) is 15.0 Å². The van der Waals surface area contributed by atoms with E-state index in [1.165, 1.54) is 0 Å². The predicted molar refractivity (Wildman–Crippen MR) is 90.7 cm³/mol. The van der Waals surface area contributed by atoms with Crippen molar-refractivity contribution < 1.29 is 9.32 Å². The Balaban J connectivity index is 1.49. The molecule has 0 radical (unpaired) electrons. The molecule has 0 bridgehead atoms. The molecule has 1 saturated heterocycles. The molecule has 0 aliphatic carbocycles. The van der Waals surface area contributed by atoms with Gasteiger partial charge in [-0.15, -0.1) is 0 Å². The summed E-state index contributed by atoms with van der Waals surface area (Å²) in [6.45, 7) is 5.66. The molecule has 6 nitrogen and oxygen atoms in total. The Morgan fingerprint density at radius 3 is 2.67 bits per heavy atom. The Morgan fingerprint density at radius 1 is 1.25 bits per heavy atom. The van der Waals surface area contributed by atoms with Crippen LogP contribution in [0.5, 0.6) is 0 Å². The van der Waals surface area contributed by atoms with Crippen molar-refractivity contribution in [3.8, 4) is 0 Å². The van der Waals surface area contributed by atoms with E-state index >= 15 is 0 Å². The maximum atomic E-state index is 12.4. The molecule has 0 atom stereocenters. The van der Waals surface area contributed by atoms with Gasteiger partial charge in [-0.05, 0) is 11.6 Å². The molecule has 0 N–H and O–H groups in total. The summed E-state index contributed by atoms with van der Waals surface area (Å²) in [5.74, 6) is 1.50. The van der Waals surface area contributed by atoms with E-state index < -0.39 is 0 Å². The number of hydrogen-bond acceptors (Lipinski definition) is 5. The fourth-order valence-electron chi connectivity index (χ4n) is 2.76. The first kappa shape index (κ1) is 16.9. The van der Waals surface area contributed by atoms with Crippen LogP contribution in [0.3, 0.4) is 0 Å². The quantitative estimate of drug-likeness (QED) is 0.828. The van der Waals surface area contributed by atoms with Crippen molar-refractivity contribution in [2.75, 3.05) is 26.2 Å². The lowest BCUT2D eigenvalue weighted by Gasteiger charge is -2.34. The van der Waals surface area contributed by atoms with E-state index in [-0.39, 0.29) is 5.91 Å². The van der Waals surface area contributed by atoms with Gasteiger partial charge in [0.25, 0.3) is 0 Å². The van der Waals surface area contributed by atoms with Crippen LogP contribution in [0.4, 0.5) is 0 Å². The predicted octanol–water partition coefficient (Wildman–Crippen LogP) is 2.17. The molecule has 0 saturated carbocycles. The van der Waals surface area contributed by atoms with Gasteiger partial charge in [0.1, 0.15) is 0 Å². The Kier molecular flexibility index (Phi) is 5.48. The molecular formula is C17H21ClN4O2. The zero-order valence-corrected chi connectivity index (χ0v) is 14.5. The SMILES string of the molecule is CCc1noc(CN2CCN(C(=O)Cc3ccccc3Cl)CC2)n1. The minimum Gasteiger partial charge on any atom is -0.340 e. The number of hydrogen-bond donors (Lipinski definition) is 0. The molecule has 128 valence electrons. The molecule has 1 fully saturated rings. The molecule has 1 amide bonds. The number of carbonyl (C=O) groups excluding carboxylic acids is 1. The van der Waals surface area contributed by atoms with Crippen LogP contribution >= 0.6 is 11.6 Å². The third-order valence-corrected chi connectivity index (χ3v) is 4.58. The van der Waals surface area contributed by atoms with Gasteiger partial charge in [-0.25, -0.2) is 0 Å². The van der Waals surface area contributed by atoms with Gasteiger partial charge < -0.3 is 9.42 Å². The summed E-state index contributed by atoms with van der Waals surface area (Å²) in [6.07, 6.45) is 1.12. The summed E-state index contributed by atoms with van der Waals surface area (Å²) in [6, 6.07) is 7.49. The second kappa shape index (κ2) is 7.77. The molecule has 0 unspecified atom stereocenters. The molecule has 1 aliphatic heterocycles. The number of aromatic nitrogens is 2. The van der Waals surface area contributed by atoms with Crippen molar-refractivity contribution in [1.29, 1.82) is 0 Å². The Labute approximate surface area is 146 Å². The summed E-state index contributed by atoms with van der Waals surface area (Å²) in [7, 11) is 0. The van der Waals surface area contributed by atoms with Gasteiger partial charge in [0.15, 0.2) is 5.82 Å². The van der Waals surface area contributed by atoms with E-state index in [4.69, 9.17) is 16.1 Å². The molecule has 3 rings (SSSR count). The van der Waals surface area contributed by atoms with E-state index in [9.17, 15) is 4.79 Å². The van der Waals surface area contributed by atoms with Gasteiger partial charge in [-0.3, -0.25) is 9.69 Å². The number of rotatable bonds is 5. The van der Waals surface area contributed by atoms with Crippen molar-refractivity contribution in [1.82, 2.24) is 19.9 Å². The van der Waals surface area contributed by atoms with Crippen LogP contribution in [0.25, 0.3) is 0 Å². The summed E-state index contributed by atoms with van der Waals surface area (Å²) in [4.78, 5) is 20.9. The summed E-state index contributed by atoms with van der Waals surface area (Å²) in [5, 5.41) is 4.55. The highest BCUT2D eigenvalue weighted by molar-refractivity contribution is 6.31. The van der Waals surface area contributed by atoms with Gasteiger partial charge in [0.2, 0.25) is 11.8 Å². The van der Waals surface area contributed by atoms with Crippen LogP contribution in [0, 0.1) is 0 Å². The van der Waals surface area contributed by atoms with Gasteiger partial charge in [-0.2, -0.15) is 4.98 Å². The third-order valence-electron chi connectivity index (χ3n) is 4.21. The highest BCUT2D eigenvalue weighted by Gasteiger charge is 2.23. The van der Waals surface area contributed by atoms with Crippen LogP contribution in [-0.2, 0) is 24.2 Å². The molecule has 1 aromatic heterocycles. The smallest absolute Gasteiger partial charge is 0.240 e. The van der Waals surface area contributed by atoms with Gasteiger partial charge in [-0.1, -0.05) is 41.9 Å². The molecule has 1 aliphatic rings. The van der Waals surface area contributed by atoms with Crippen molar-refractivity contribution in [3.05, 3.63) is 46.6 Å². The zero-order chi connectivity index (χ0) is 16.9. The van der Waals surface area contributed by atoms with Crippen LogP contribution in [-0.4, -0.2) is 52.0 Å². The lowest BCUT2D eigenvalue weighted by molar-refractivity contribution is -0.132. The van der Waals surface area contributed by atoms with E-state index in [0.717, 1.165) is 30.9 Å². The lowest BCUT2D eigenvalue weighted by Crippen LogP contribution is -2.48. The largest absolute Gasteiger partial charge is 0.340 e. The monoisotopic (exact) mass is 348 g/mol. The normalized spacial score (nSPS) is 15.7. The summed E-state index contributed by atoms with van der Waals surface area (Å²) in [5.41, 5.74) is 0.879. The second-order valence-corrected chi connectivity index (χ2v) is 6.29. The highest BCUT2D eigenvalue weighted by Crippen LogP contribution is 2.17. The number of carbonyl (C=O) groups is 1. The molecule has 1 aromatic carbocycles. The average molecular weight is 349 g/mol. The molecule has 0 spiro atoms. The standard InChI is InChI=1S/C17H21ClN4O2/c1-2-15-19-16(24-20-15)12-21-7-9-22(10-8-21)17(23)11-13-5-3-4-6-14(13)18/h3-6H,2,7-12H2,1H3. The van der Waals surface area contributed by atoms with Gasteiger partial charge in [0, 0.05) is 37.6 Å². The first-order chi connectivity index (χ1) is 11.7. The Bertz CT molecular complexity index is 695. The second-order valence-electron chi connectivity index (χ2n) is 5.88. The molecule has 2 heterocycles. The van der Waals surface area contributed by atoms with E-state index in [1.807, 2.05) is 36.1 Å². The zero-order valence-electron chi connectivity index (χ0n) is 13.7. The van der Waals surface area contributed by atoms with Crippen LogP contribution in [0.2, 0.25) is 5.02 Å². The van der Waals surface area contributed by atoms with E-state index in [1.54, 1.807) is 0 Å². The number of amides is 1. The third kappa shape index (κ3) is 4.13.